The van der Waals surface area contributed by atoms with Crippen LogP contribution < -0.4 is 10.1 Å². The van der Waals surface area contributed by atoms with Crippen molar-refractivity contribution in [1.29, 1.82) is 0 Å². The van der Waals surface area contributed by atoms with Gasteiger partial charge in [0.25, 0.3) is 0 Å². The molecular weight excluding hydrogens is 366 g/mol. The molecule has 2 aromatic carbocycles. The summed E-state index contributed by atoms with van der Waals surface area (Å²) in [7, 11) is 1.69. The third kappa shape index (κ3) is 4.04. The van der Waals surface area contributed by atoms with Gasteiger partial charge in [0.05, 0.1) is 7.11 Å². The summed E-state index contributed by atoms with van der Waals surface area (Å²) in [6.07, 6.45) is 6.37. The van der Waals surface area contributed by atoms with Gasteiger partial charge in [-0.15, -0.1) is 0 Å². The topological polar surface area (TPSA) is 40.3 Å². The van der Waals surface area contributed by atoms with E-state index in [1.165, 1.54) is 27.6 Å². The fourth-order valence-corrected chi connectivity index (χ4v) is 3.92. The molecule has 0 fully saturated rings. The summed E-state index contributed by atoms with van der Waals surface area (Å²) in [4.78, 5) is 5.61. The van der Waals surface area contributed by atoms with Crippen LogP contribution in [0.4, 0.5) is 0 Å². The molecule has 0 spiro atoms. The highest BCUT2D eigenvalue weighted by Gasteiger charge is 2.17. The first kappa shape index (κ1) is 18.6. The first-order chi connectivity index (χ1) is 13.7. The van der Waals surface area contributed by atoms with Gasteiger partial charge in [0.15, 0.2) is 5.11 Å². The Hall–Kier alpha value is -2.79. The molecule has 2 N–H and O–H groups in total. The summed E-state index contributed by atoms with van der Waals surface area (Å²) >= 11 is 5.60. The van der Waals surface area contributed by atoms with Crippen molar-refractivity contribution in [1.82, 2.24) is 15.2 Å². The molecule has 4 nitrogen and oxygen atoms in total. The lowest BCUT2D eigenvalue weighted by molar-refractivity contribution is 0.414. The van der Waals surface area contributed by atoms with Gasteiger partial charge >= 0.3 is 0 Å². The number of hydrogen-bond acceptors (Lipinski definition) is 2. The van der Waals surface area contributed by atoms with Crippen molar-refractivity contribution in [3.05, 3.63) is 71.9 Å². The summed E-state index contributed by atoms with van der Waals surface area (Å²) < 4.78 is 5.20. The lowest BCUT2D eigenvalue weighted by Gasteiger charge is -2.29. The maximum atomic E-state index is 5.60. The number of fused-ring (bicyclic) bond motifs is 1. The van der Waals surface area contributed by atoms with Crippen LogP contribution in [-0.4, -0.2) is 41.7 Å². The minimum atomic E-state index is 0.834. The predicted octanol–water partition coefficient (Wildman–Crippen LogP) is 4.38. The molecule has 1 aliphatic heterocycles. The average molecular weight is 392 g/mol. The van der Waals surface area contributed by atoms with E-state index in [4.69, 9.17) is 17.0 Å². The zero-order chi connectivity index (χ0) is 19.3. The number of aromatic amines is 1. The van der Waals surface area contributed by atoms with Crippen molar-refractivity contribution in [3.8, 4) is 5.75 Å². The van der Waals surface area contributed by atoms with Gasteiger partial charge in [-0.25, -0.2) is 0 Å². The van der Waals surface area contributed by atoms with Gasteiger partial charge in [0.1, 0.15) is 5.75 Å². The highest BCUT2D eigenvalue weighted by Crippen LogP contribution is 2.29. The van der Waals surface area contributed by atoms with Gasteiger partial charge < -0.3 is 19.9 Å². The van der Waals surface area contributed by atoms with Crippen LogP contribution in [0, 0.1) is 0 Å². The molecule has 28 heavy (non-hydrogen) atoms. The maximum Gasteiger partial charge on any atom is 0.169 e. The molecule has 144 valence electrons. The zero-order valence-corrected chi connectivity index (χ0v) is 16.9. The summed E-state index contributed by atoms with van der Waals surface area (Å²) in [5.74, 6) is 0.887. The van der Waals surface area contributed by atoms with Gasteiger partial charge in [0, 0.05) is 42.3 Å². The second-order valence-corrected chi connectivity index (χ2v) is 7.39. The van der Waals surface area contributed by atoms with Gasteiger partial charge in [-0.3, -0.25) is 0 Å². The Morgan fingerprint density at radius 2 is 2.00 bits per heavy atom. The highest BCUT2D eigenvalue weighted by molar-refractivity contribution is 7.80. The third-order valence-electron chi connectivity index (χ3n) is 5.28. The lowest BCUT2D eigenvalue weighted by atomic mass is 9.99. The Labute approximate surface area is 171 Å². The minimum Gasteiger partial charge on any atom is -0.497 e. The molecule has 5 heteroatoms. The normalized spacial score (nSPS) is 14.0. The number of ether oxygens (including phenoxy) is 1. The second-order valence-electron chi connectivity index (χ2n) is 7.00. The molecule has 0 radical (unpaired) electrons. The second kappa shape index (κ2) is 8.48. The van der Waals surface area contributed by atoms with Crippen LogP contribution in [0.25, 0.3) is 16.5 Å². The van der Waals surface area contributed by atoms with Crippen LogP contribution >= 0.6 is 12.2 Å². The molecule has 1 aliphatic rings. The van der Waals surface area contributed by atoms with Crippen molar-refractivity contribution < 1.29 is 4.74 Å². The lowest BCUT2D eigenvalue weighted by Crippen LogP contribution is -2.42. The van der Waals surface area contributed by atoms with E-state index in [1.54, 1.807) is 7.11 Å². The molecule has 3 aromatic rings. The van der Waals surface area contributed by atoms with E-state index in [2.05, 4.69) is 63.9 Å². The molecule has 0 amide bonds. The molecule has 0 saturated carbocycles. The Morgan fingerprint density at radius 1 is 1.18 bits per heavy atom. The Balaban J connectivity index is 1.30. The van der Waals surface area contributed by atoms with E-state index >= 15 is 0 Å². The van der Waals surface area contributed by atoms with Gasteiger partial charge in [-0.2, -0.15) is 0 Å². The van der Waals surface area contributed by atoms with Crippen LogP contribution in [-0.2, 0) is 6.42 Å². The van der Waals surface area contributed by atoms with Crippen LogP contribution in [0.15, 0.2) is 60.8 Å². The SMILES string of the molecule is COc1ccc(CCNC(=S)N2CC=C(c3c[nH]c4ccccc34)CC2)cc1. The Morgan fingerprint density at radius 3 is 2.75 bits per heavy atom. The molecule has 2 heterocycles. The van der Waals surface area contributed by atoms with E-state index in [9.17, 15) is 0 Å². The number of hydrogen-bond donors (Lipinski definition) is 2. The first-order valence-electron chi connectivity index (χ1n) is 9.66. The summed E-state index contributed by atoms with van der Waals surface area (Å²) in [5.41, 5.74) is 5.18. The van der Waals surface area contributed by atoms with Crippen molar-refractivity contribution in [2.24, 2.45) is 0 Å². The van der Waals surface area contributed by atoms with E-state index in [0.29, 0.717) is 0 Å². The Kier molecular flexibility index (Phi) is 5.63. The molecule has 0 unspecified atom stereocenters. The zero-order valence-electron chi connectivity index (χ0n) is 16.1. The summed E-state index contributed by atoms with van der Waals surface area (Å²) in [6, 6.07) is 16.6. The first-order valence-corrected chi connectivity index (χ1v) is 10.1. The van der Waals surface area contributed by atoms with Crippen molar-refractivity contribution in [2.45, 2.75) is 12.8 Å². The fraction of sp³-hybridized carbons (Fsp3) is 0.261. The van der Waals surface area contributed by atoms with E-state index in [1.807, 2.05) is 12.1 Å². The van der Waals surface area contributed by atoms with Gasteiger partial charge in [0.2, 0.25) is 0 Å². The van der Waals surface area contributed by atoms with Crippen molar-refractivity contribution in [2.75, 3.05) is 26.7 Å². The maximum absolute atomic E-state index is 5.60. The molecule has 0 atom stereocenters. The largest absolute Gasteiger partial charge is 0.497 e. The number of thiocarbonyl (C=S) groups is 1. The summed E-state index contributed by atoms with van der Waals surface area (Å²) in [5, 5.41) is 5.53. The van der Waals surface area contributed by atoms with Crippen molar-refractivity contribution in [3.63, 3.8) is 0 Å². The van der Waals surface area contributed by atoms with Crippen LogP contribution in [0.2, 0.25) is 0 Å². The molecule has 1 aromatic heterocycles. The molecule has 4 rings (SSSR count). The molecular formula is C23H25N3OS. The van der Waals surface area contributed by atoms with Gasteiger partial charge in [-0.1, -0.05) is 36.4 Å². The predicted molar refractivity (Wildman–Crippen MR) is 120 cm³/mol. The number of para-hydroxylation sites is 1. The number of nitrogens with one attached hydrogen (secondary N) is 2. The van der Waals surface area contributed by atoms with E-state index in [0.717, 1.165) is 43.3 Å². The smallest absolute Gasteiger partial charge is 0.169 e. The number of benzene rings is 2. The third-order valence-corrected chi connectivity index (χ3v) is 5.68. The van der Waals surface area contributed by atoms with Crippen molar-refractivity contribution >= 4 is 33.8 Å². The van der Waals surface area contributed by atoms with Gasteiger partial charge in [-0.05, 0) is 54.4 Å². The quantitative estimate of drug-likeness (QED) is 0.633. The average Bonchev–Trinajstić information content (AvgIpc) is 3.18. The molecule has 0 bridgehead atoms. The number of methoxy groups -OCH3 is 1. The molecule has 0 saturated heterocycles. The standard InChI is InChI=1S/C23H25N3OS/c1-27-19-8-6-17(7-9-19)10-13-24-23(28)26-14-11-18(12-15-26)21-16-25-22-5-3-2-4-20(21)22/h2-9,11,16,25H,10,12-15H2,1H3,(H,24,28). The van der Waals surface area contributed by atoms with Crippen LogP contribution in [0.5, 0.6) is 5.75 Å². The molecule has 0 aliphatic carbocycles. The number of nitrogens with zero attached hydrogens (tertiary/aromatic N) is 1. The van der Waals surface area contributed by atoms with Crippen LogP contribution in [0.1, 0.15) is 17.5 Å². The summed E-state index contributed by atoms with van der Waals surface area (Å²) in [6.45, 7) is 2.63. The van der Waals surface area contributed by atoms with E-state index in [-0.39, 0.29) is 0 Å². The number of rotatable bonds is 5. The highest BCUT2D eigenvalue weighted by atomic mass is 32.1. The van der Waals surface area contributed by atoms with Crippen LogP contribution in [0.3, 0.4) is 0 Å². The monoisotopic (exact) mass is 391 g/mol. The Bertz CT molecular complexity index is 991. The fourth-order valence-electron chi connectivity index (χ4n) is 3.65. The van der Waals surface area contributed by atoms with E-state index < -0.39 is 0 Å². The number of aromatic nitrogens is 1. The number of H-pyrrole nitrogens is 1. The minimum absolute atomic E-state index is 0.834.